The van der Waals surface area contributed by atoms with Crippen molar-refractivity contribution in [3.8, 4) is 0 Å². The van der Waals surface area contributed by atoms with Crippen LogP contribution in [0.5, 0.6) is 0 Å². The van der Waals surface area contributed by atoms with Crippen molar-refractivity contribution in [2.24, 2.45) is 5.92 Å². The summed E-state index contributed by atoms with van der Waals surface area (Å²) in [4.78, 5) is 0. The van der Waals surface area contributed by atoms with Gasteiger partial charge in [-0.15, -0.1) is 0 Å². The summed E-state index contributed by atoms with van der Waals surface area (Å²) in [5.41, 5.74) is 9.99. The van der Waals surface area contributed by atoms with Gasteiger partial charge in [0, 0.05) is 5.92 Å². The molecule has 27 heavy (non-hydrogen) atoms. The highest BCUT2D eigenvalue weighted by Gasteiger charge is 2.28. The van der Waals surface area contributed by atoms with Crippen molar-refractivity contribution in [2.75, 3.05) is 0 Å². The van der Waals surface area contributed by atoms with E-state index in [2.05, 4.69) is 73.7 Å². The fraction of sp³-hybridized carbons (Fsp3) is 0.333. The van der Waals surface area contributed by atoms with Crippen LogP contribution in [-0.4, -0.2) is 0 Å². The van der Waals surface area contributed by atoms with Gasteiger partial charge in [0.2, 0.25) is 0 Å². The largest absolute Gasteiger partial charge is 0.0761 e. The molecular formula is C27H28. The Kier molecular flexibility index (Phi) is 4.36. The highest BCUT2D eigenvalue weighted by molar-refractivity contribution is 5.90. The third-order valence-corrected chi connectivity index (χ3v) is 6.75. The Labute approximate surface area is 163 Å². The van der Waals surface area contributed by atoms with Gasteiger partial charge in [-0.3, -0.25) is 0 Å². The van der Waals surface area contributed by atoms with Crippen LogP contribution in [0.2, 0.25) is 0 Å². The van der Waals surface area contributed by atoms with Crippen molar-refractivity contribution in [3.63, 3.8) is 0 Å². The van der Waals surface area contributed by atoms with Crippen LogP contribution in [0.15, 0.2) is 60.7 Å². The van der Waals surface area contributed by atoms with Crippen LogP contribution in [0.3, 0.4) is 0 Å². The minimum atomic E-state index is 0.664. The van der Waals surface area contributed by atoms with Crippen LogP contribution in [0, 0.1) is 5.92 Å². The lowest BCUT2D eigenvalue weighted by atomic mass is 9.86. The Morgan fingerprint density at radius 1 is 0.963 bits per heavy atom. The maximum atomic E-state index is 2.46. The SMILES string of the molecule is CCc1cccc(C2=CC(c3ccc4c(c3)C=CC4C3CCCC3)=CC2)c1. The lowest BCUT2D eigenvalue weighted by Gasteiger charge is -2.18. The number of aryl methyl sites for hydroxylation is 1. The molecule has 3 aliphatic carbocycles. The van der Waals surface area contributed by atoms with Gasteiger partial charge in [-0.05, 0) is 76.6 Å². The molecule has 0 amide bonds. The van der Waals surface area contributed by atoms with E-state index in [0.717, 1.165) is 18.8 Å². The van der Waals surface area contributed by atoms with Gasteiger partial charge in [0.1, 0.15) is 0 Å². The summed E-state index contributed by atoms with van der Waals surface area (Å²) >= 11 is 0. The molecule has 0 radical (unpaired) electrons. The first kappa shape index (κ1) is 16.8. The standard InChI is InChI=1S/C27H28/c1-2-19-6-5-9-21(16-19)22-10-11-23(17-22)24-12-14-27-25(18-24)13-15-26(27)20-7-3-4-8-20/h5-6,9,11-18,20,26H,2-4,7-8,10H2,1H3. The monoisotopic (exact) mass is 352 g/mol. The summed E-state index contributed by atoms with van der Waals surface area (Å²) in [6.07, 6.45) is 17.4. The average Bonchev–Trinajstić information content (AvgIpc) is 3.47. The minimum absolute atomic E-state index is 0.664. The number of fused-ring (bicyclic) bond motifs is 1. The van der Waals surface area contributed by atoms with Gasteiger partial charge in [0.25, 0.3) is 0 Å². The van der Waals surface area contributed by atoms with E-state index in [1.54, 1.807) is 5.56 Å². The van der Waals surface area contributed by atoms with E-state index in [9.17, 15) is 0 Å². The van der Waals surface area contributed by atoms with Gasteiger partial charge in [-0.25, -0.2) is 0 Å². The van der Waals surface area contributed by atoms with E-state index in [4.69, 9.17) is 0 Å². The molecule has 0 aliphatic heterocycles. The molecule has 0 N–H and O–H groups in total. The molecule has 0 saturated heterocycles. The molecule has 0 aromatic heterocycles. The van der Waals surface area contributed by atoms with E-state index in [-0.39, 0.29) is 0 Å². The molecule has 1 fully saturated rings. The smallest absolute Gasteiger partial charge is 0.00555 e. The van der Waals surface area contributed by atoms with E-state index >= 15 is 0 Å². The number of rotatable bonds is 4. The summed E-state index contributed by atoms with van der Waals surface area (Å²) in [7, 11) is 0. The van der Waals surface area contributed by atoms with E-state index in [0.29, 0.717) is 5.92 Å². The van der Waals surface area contributed by atoms with Gasteiger partial charge in [0.05, 0.1) is 0 Å². The maximum absolute atomic E-state index is 2.46. The first-order chi connectivity index (χ1) is 13.3. The van der Waals surface area contributed by atoms with Gasteiger partial charge >= 0.3 is 0 Å². The quantitative estimate of drug-likeness (QED) is 0.537. The predicted molar refractivity (Wildman–Crippen MR) is 117 cm³/mol. The molecule has 0 heteroatoms. The van der Waals surface area contributed by atoms with Crippen LogP contribution in [0.25, 0.3) is 17.2 Å². The maximum Gasteiger partial charge on any atom is 0.00555 e. The molecule has 1 unspecified atom stereocenters. The first-order valence-electron chi connectivity index (χ1n) is 10.6. The Morgan fingerprint density at radius 2 is 1.85 bits per heavy atom. The van der Waals surface area contributed by atoms with E-state index in [1.165, 1.54) is 59.1 Å². The van der Waals surface area contributed by atoms with Crippen molar-refractivity contribution in [2.45, 2.75) is 51.4 Å². The summed E-state index contributed by atoms with van der Waals surface area (Å²) in [5, 5.41) is 0. The zero-order valence-electron chi connectivity index (χ0n) is 16.2. The van der Waals surface area contributed by atoms with E-state index < -0.39 is 0 Å². The molecule has 1 atom stereocenters. The minimum Gasteiger partial charge on any atom is -0.0761 e. The van der Waals surface area contributed by atoms with Gasteiger partial charge < -0.3 is 0 Å². The molecular weight excluding hydrogens is 324 g/mol. The molecule has 2 aromatic rings. The molecule has 1 saturated carbocycles. The zero-order chi connectivity index (χ0) is 18.2. The normalized spacial score (nSPS) is 21.4. The van der Waals surface area contributed by atoms with Crippen LogP contribution in [0.4, 0.5) is 0 Å². The molecule has 5 rings (SSSR count). The highest BCUT2D eigenvalue weighted by Crippen LogP contribution is 2.44. The lowest BCUT2D eigenvalue weighted by molar-refractivity contribution is 0.498. The summed E-state index contributed by atoms with van der Waals surface area (Å²) in [6.45, 7) is 2.22. The van der Waals surface area contributed by atoms with Crippen molar-refractivity contribution in [1.82, 2.24) is 0 Å². The van der Waals surface area contributed by atoms with Crippen molar-refractivity contribution in [3.05, 3.63) is 88.5 Å². The van der Waals surface area contributed by atoms with Gasteiger partial charge in [0.15, 0.2) is 0 Å². The second kappa shape index (κ2) is 7.00. The number of allylic oxidation sites excluding steroid dienone is 5. The average molecular weight is 353 g/mol. The fourth-order valence-corrected chi connectivity index (χ4v) is 5.16. The Balaban J connectivity index is 1.40. The van der Waals surface area contributed by atoms with Crippen LogP contribution in [0.1, 0.15) is 72.8 Å². The van der Waals surface area contributed by atoms with Crippen LogP contribution >= 0.6 is 0 Å². The second-order valence-corrected chi connectivity index (χ2v) is 8.36. The zero-order valence-corrected chi connectivity index (χ0v) is 16.2. The lowest BCUT2D eigenvalue weighted by Crippen LogP contribution is -2.05. The summed E-state index contributed by atoms with van der Waals surface area (Å²) < 4.78 is 0. The Morgan fingerprint density at radius 3 is 2.70 bits per heavy atom. The highest BCUT2D eigenvalue weighted by atomic mass is 14.3. The summed E-state index contributed by atoms with van der Waals surface area (Å²) in [6, 6.07) is 16.2. The van der Waals surface area contributed by atoms with Gasteiger partial charge in [-0.1, -0.05) is 80.5 Å². The molecule has 2 aromatic carbocycles. The van der Waals surface area contributed by atoms with E-state index in [1.807, 2.05) is 0 Å². The Bertz CT molecular complexity index is 948. The van der Waals surface area contributed by atoms with Crippen molar-refractivity contribution < 1.29 is 0 Å². The molecule has 136 valence electrons. The van der Waals surface area contributed by atoms with Crippen LogP contribution in [-0.2, 0) is 6.42 Å². The topological polar surface area (TPSA) is 0 Å². The first-order valence-corrected chi connectivity index (χ1v) is 10.6. The molecule has 3 aliphatic rings. The van der Waals surface area contributed by atoms with Crippen molar-refractivity contribution >= 4 is 17.2 Å². The third-order valence-electron chi connectivity index (χ3n) is 6.75. The summed E-state index contributed by atoms with van der Waals surface area (Å²) in [5.74, 6) is 1.54. The second-order valence-electron chi connectivity index (χ2n) is 8.36. The van der Waals surface area contributed by atoms with Crippen LogP contribution < -0.4 is 0 Å². The Hall–Kier alpha value is -2.34. The van der Waals surface area contributed by atoms with Gasteiger partial charge in [-0.2, -0.15) is 0 Å². The molecule has 0 spiro atoms. The number of hydrogen-bond acceptors (Lipinski definition) is 0. The molecule has 0 heterocycles. The molecule has 0 bridgehead atoms. The number of benzene rings is 2. The molecule has 0 nitrogen and oxygen atoms in total. The number of hydrogen-bond donors (Lipinski definition) is 0. The third kappa shape index (κ3) is 3.12. The fourth-order valence-electron chi connectivity index (χ4n) is 5.16. The predicted octanol–water partition coefficient (Wildman–Crippen LogP) is 7.42. The van der Waals surface area contributed by atoms with Crippen molar-refractivity contribution in [1.29, 1.82) is 0 Å².